The summed E-state index contributed by atoms with van der Waals surface area (Å²) >= 11 is 0. The molecular weight excluding hydrogens is 410 g/mol. The van der Waals surface area contributed by atoms with Crippen molar-refractivity contribution in [1.29, 1.82) is 0 Å². The lowest BCUT2D eigenvalue weighted by Crippen LogP contribution is -2.55. The number of benzene rings is 2. The quantitative estimate of drug-likeness (QED) is 0.720. The Morgan fingerprint density at radius 3 is 2.36 bits per heavy atom. The molecule has 3 fully saturated rings. The molecule has 2 aliphatic heterocycles. The molecule has 3 unspecified atom stereocenters. The van der Waals surface area contributed by atoms with Crippen molar-refractivity contribution >= 4 is 17.3 Å². The lowest BCUT2D eigenvalue weighted by molar-refractivity contribution is -0.120. The number of hydrogen-bond donors (Lipinski definition) is 2. The molecule has 3 atom stereocenters. The normalized spacial score (nSPS) is 27.4. The molecule has 0 radical (unpaired) electrons. The number of anilines is 2. The number of nitrogens with zero attached hydrogens (tertiary/aromatic N) is 2. The van der Waals surface area contributed by atoms with E-state index in [-0.39, 0.29) is 11.8 Å². The van der Waals surface area contributed by atoms with Gasteiger partial charge in [-0.1, -0.05) is 43.2 Å². The maximum atomic E-state index is 13.4. The number of aliphatic hydroxyl groups is 1. The Labute approximate surface area is 197 Å². The van der Waals surface area contributed by atoms with Crippen molar-refractivity contribution in [3.8, 4) is 0 Å². The molecule has 176 valence electrons. The lowest BCUT2D eigenvalue weighted by Gasteiger charge is -2.42. The smallest absolute Gasteiger partial charge is 0.230 e. The van der Waals surface area contributed by atoms with Gasteiger partial charge in [-0.15, -0.1) is 0 Å². The Morgan fingerprint density at radius 1 is 1.00 bits per heavy atom. The third-order valence-corrected chi connectivity index (χ3v) is 8.03. The largest absolute Gasteiger partial charge is 0.385 e. The zero-order valence-electron chi connectivity index (χ0n) is 20.0. The number of rotatable bonds is 5. The summed E-state index contributed by atoms with van der Waals surface area (Å²) in [5, 5.41) is 14.4. The highest BCUT2D eigenvalue weighted by Gasteiger charge is 2.36. The first-order valence-corrected chi connectivity index (χ1v) is 12.7. The number of piperazine rings is 1. The van der Waals surface area contributed by atoms with Crippen LogP contribution in [0.15, 0.2) is 48.5 Å². The second kappa shape index (κ2) is 9.11. The van der Waals surface area contributed by atoms with Gasteiger partial charge in [0.2, 0.25) is 5.91 Å². The minimum Gasteiger partial charge on any atom is -0.385 e. The molecule has 33 heavy (non-hydrogen) atoms. The third kappa shape index (κ3) is 4.29. The van der Waals surface area contributed by atoms with E-state index in [1.165, 1.54) is 11.3 Å². The molecule has 5 rings (SSSR count). The van der Waals surface area contributed by atoms with Gasteiger partial charge in [0.15, 0.2) is 0 Å². The molecule has 2 N–H and O–H groups in total. The van der Waals surface area contributed by atoms with E-state index in [1.807, 2.05) is 29.2 Å². The zero-order valence-corrected chi connectivity index (χ0v) is 20.0. The molecular formula is C28H37N3O2. The fourth-order valence-corrected chi connectivity index (χ4v) is 6.19. The fourth-order valence-electron chi connectivity index (χ4n) is 6.19. The van der Waals surface area contributed by atoms with Crippen molar-refractivity contribution < 1.29 is 9.90 Å². The van der Waals surface area contributed by atoms with Crippen LogP contribution in [0.4, 0.5) is 11.4 Å². The van der Waals surface area contributed by atoms with E-state index in [4.69, 9.17) is 0 Å². The summed E-state index contributed by atoms with van der Waals surface area (Å²) in [6.07, 6.45) is 5.49. The summed E-state index contributed by atoms with van der Waals surface area (Å²) in [5.41, 5.74) is 3.81. The van der Waals surface area contributed by atoms with Crippen LogP contribution < -0.4 is 15.1 Å². The van der Waals surface area contributed by atoms with E-state index >= 15 is 0 Å². The van der Waals surface area contributed by atoms with E-state index in [1.54, 1.807) is 0 Å². The Balaban J connectivity index is 1.31. The van der Waals surface area contributed by atoms with E-state index in [0.717, 1.165) is 69.4 Å². The third-order valence-electron chi connectivity index (χ3n) is 8.03. The molecule has 1 saturated carbocycles. The zero-order chi connectivity index (χ0) is 23.0. The molecule has 2 heterocycles. The predicted molar refractivity (Wildman–Crippen MR) is 134 cm³/mol. The fraction of sp³-hybridized carbons (Fsp3) is 0.536. The molecule has 5 heteroatoms. The molecule has 0 aromatic heterocycles. The molecule has 0 bridgehead atoms. The van der Waals surface area contributed by atoms with Crippen molar-refractivity contribution in [1.82, 2.24) is 5.32 Å². The highest BCUT2D eigenvalue weighted by Crippen LogP contribution is 2.39. The average molecular weight is 448 g/mol. The van der Waals surface area contributed by atoms with Crippen LogP contribution in [0.25, 0.3) is 0 Å². The molecule has 2 aromatic carbocycles. The lowest BCUT2D eigenvalue weighted by atomic mass is 9.92. The van der Waals surface area contributed by atoms with Gasteiger partial charge in [-0.05, 0) is 68.9 Å². The maximum Gasteiger partial charge on any atom is 0.230 e. The first kappa shape index (κ1) is 22.4. The summed E-state index contributed by atoms with van der Waals surface area (Å²) < 4.78 is 0. The van der Waals surface area contributed by atoms with Gasteiger partial charge in [-0.2, -0.15) is 0 Å². The minimum atomic E-state index is -0.683. The molecule has 0 spiro atoms. The monoisotopic (exact) mass is 447 g/mol. The predicted octanol–water partition coefficient (Wildman–Crippen LogP) is 4.23. The minimum absolute atomic E-state index is 0.0124. The van der Waals surface area contributed by atoms with Crippen LogP contribution in [-0.2, 0) is 16.8 Å². The Hall–Kier alpha value is -2.37. The summed E-state index contributed by atoms with van der Waals surface area (Å²) in [4.78, 5) is 17.8. The topological polar surface area (TPSA) is 55.8 Å². The Kier molecular flexibility index (Phi) is 6.19. The van der Waals surface area contributed by atoms with E-state index in [9.17, 15) is 9.90 Å². The van der Waals surface area contributed by atoms with Crippen molar-refractivity contribution in [3.05, 3.63) is 59.7 Å². The van der Waals surface area contributed by atoms with Crippen LogP contribution in [0.5, 0.6) is 0 Å². The number of amides is 1. The molecule has 3 aliphatic rings. The first-order chi connectivity index (χ1) is 16.0. The second-order valence-corrected chi connectivity index (χ2v) is 10.4. The number of carbonyl (C=O) groups excluding carboxylic acids is 1. The molecule has 2 aromatic rings. The van der Waals surface area contributed by atoms with Gasteiger partial charge >= 0.3 is 0 Å². The summed E-state index contributed by atoms with van der Waals surface area (Å²) in [5.74, 6) is 0.233. The SMILES string of the molecule is CC1CNCC(C)N1c1ccccc1CC1CCN(c2ccc(C3(O)CCCC3)cc2)C1=O. The van der Waals surface area contributed by atoms with E-state index in [0.29, 0.717) is 12.1 Å². The van der Waals surface area contributed by atoms with Crippen LogP contribution in [0.2, 0.25) is 0 Å². The molecule has 1 amide bonds. The van der Waals surface area contributed by atoms with Gasteiger partial charge in [0, 0.05) is 49.0 Å². The number of para-hydroxylation sites is 1. The van der Waals surface area contributed by atoms with Crippen LogP contribution in [-0.4, -0.2) is 42.7 Å². The second-order valence-electron chi connectivity index (χ2n) is 10.4. The standard InChI is InChI=1S/C28H37N3O2/c1-20-18-29-19-21(2)31(20)26-8-4-3-7-22(26)17-23-13-16-30(27(23)32)25-11-9-24(10-12-25)28(33)14-5-6-15-28/h3-4,7-12,20-21,23,29,33H,5-6,13-19H2,1-2H3. The van der Waals surface area contributed by atoms with E-state index < -0.39 is 5.60 Å². The Morgan fingerprint density at radius 2 is 1.67 bits per heavy atom. The number of carbonyl (C=O) groups is 1. The Bertz CT molecular complexity index is 973. The first-order valence-electron chi connectivity index (χ1n) is 12.7. The van der Waals surface area contributed by atoms with Gasteiger partial charge < -0.3 is 20.2 Å². The van der Waals surface area contributed by atoms with Crippen molar-refractivity contribution in [2.75, 3.05) is 29.4 Å². The summed E-state index contributed by atoms with van der Waals surface area (Å²) in [6, 6.07) is 17.6. The van der Waals surface area contributed by atoms with Gasteiger partial charge in [-0.25, -0.2) is 0 Å². The molecule has 5 nitrogen and oxygen atoms in total. The summed E-state index contributed by atoms with van der Waals surface area (Å²) in [7, 11) is 0. The van der Waals surface area contributed by atoms with Crippen LogP contribution in [0, 0.1) is 5.92 Å². The summed E-state index contributed by atoms with van der Waals surface area (Å²) in [6.45, 7) is 7.27. The van der Waals surface area contributed by atoms with Gasteiger partial charge in [0.1, 0.15) is 0 Å². The number of hydrogen-bond acceptors (Lipinski definition) is 4. The van der Waals surface area contributed by atoms with Crippen molar-refractivity contribution in [2.45, 2.75) is 70.1 Å². The molecule has 1 aliphatic carbocycles. The van der Waals surface area contributed by atoms with Crippen LogP contribution >= 0.6 is 0 Å². The maximum absolute atomic E-state index is 13.4. The van der Waals surface area contributed by atoms with E-state index in [2.05, 4.69) is 48.3 Å². The van der Waals surface area contributed by atoms with Gasteiger partial charge in [-0.3, -0.25) is 4.79 Å². The van der Waals surface area contributed by atoms with Crippen LogP contribution in [0.3, 0.4) is 0 Å². The molecule has 2 saturated heterocycles. The number of nitrogens with one attached hydrogen (secondary N) is 1. The van der Waals surface area contributed by atoms with Crippen molar-refractivity contribution in [2.24, 2.45) is 5.92 Å². The van der Waals surface area contributed by atoms with Crippen molar-refractivity contribution in [3.63, 3.8) is 0 Å². The highest BCUT2D eigenvalue weighted by molar-refractivity contribution is 5.97. The van der Waals surface area contributed by atoms with Gasteiger partial charge in [0.05, 0.1) is 5.60 Å². The highest BCUT2D eigenvalue weighted by atomic mass is 16.3. The van der Waals surface area contributed by atoms with Crippen LogP contribution in [0.1, 0.15) is 57.1 Å². The van der Waals surface area contributed by atoms with Gasteiger partial charge in [0.25, 0.3) is 0 Å². The average Bonchev–Trinajstić information content (AvgIpc) is 3.42.